The van der Waals surface area contributed by atoms with Gasteiger partial charge in [0.2, 0.25) is 0 Å². The van der Waals surface area contributed by atoms with E-state index in [1.54, 1.807) is 0 Å². The molecule has 0 unspecified atom stereocenters. The molecular weight excluding hydrogens is 827 g/mol. The van der Waals surface area contributed by atoms with Crippen LogP contribution < -0.4 is 5.32 Å². The van der Waals surface area contributed by atoms with Crippen molar-refractivity contribution in [3.63, 3.8) is 0 Å². The molecule has 0 radical (unpaired) electrons. The van der Waals surface area contributed by atoms with Gasteiger partial charge in [-0.25, -0.2) is 0 Å². The molecule has 3 aliphatic heterocycles. The lowest BCUT2D eigenvalue weighted by Crippen LogP contribution is -2.68. The number of fused-ring (bicyclic) bond motifs is 4. The van der Waals surface area contributed by atoms with Crippen LogP contribution in [-0.4, -0.2) is 93.8 Å². The highest BCUT2D eigenvalue weighted by Crippen LogP contribution is 2.76. The molecule has 5 N–H and O–H groups in total. The zero-order chi connectivity index (χ0) is 46.9. The highest BCUT2D eigenvalue weighted by atomic mass is 16.6. The Kier molecular flexibility index (Phi) is 11.5. The molecule has 1 aromatic carbocycles. The van der Waals surface area contributed by atoms with Crippen LogP contribution >= 0.6 is 0 Å². The third kappa shape index (κ3) is 6.90. The van der Waals surface area contributed by atoms with Crippen LogP contribution in [0.5, 0.6) is 0 Å². The number of aromatic amines is 1. The molecule has 3 saturated carbocycles. The number of carbonyl (C=O) groups is 2. The van der Waals surface area contributed by atoms with Gasteiger partial charge in [-0.05, 0) is 155 Å². The second-order valence-corrected chi connectivity index (χ2v) is 24.4. The van der Waals surface area contributed by atoms with Gasteiger partial charge in [0.1, 0.15) is 11.9 Å². The second-order valence-electron chi connectivity index (χ2n) is 24.4. The maximum atomic E-state index is 15.4. The summed E-state index contributed by atoms with van der Waals surface area (Å²) in [6.07, 6.45) is 11.1. The van der Waals surface area contributed by atoms with E-state index in [1.165, 1.54) is 16.7 Å². The third-order valence-electron chi connectivity index (χ3n) is 20.2. The lowest BCUT2D eigenvalue weighted by Gasteiger charge is -2.70. The van der Waals surface area contributed by atoms with E-state index in [-0.39, 0.29) is 47.6 Å². The lowest BCUT2D eigenvalue weighted by molar-refractivity contribution is -0.222. The third-order valence-corrected chi connectivity index (χ3v) is 20.2. The number of ether oxygens (including phenoxy) is 2. The van der Waals surface area contributed by atoms with E-state index in [0.29, 0.717) is 56.8 Å². The van der Waals surface area contributed by atoms with Gasteiger partial charge in [0, 0.05) is 85.4 Å². The number of Topliss-reactive ketones (excluding diaryl/α,β-unsaturated/α-hetero) is 2. The molecule has 2 aromatic heterocycles. The summed E-state index contributed by atoms with van der Waals surface area (Å²) < 4.78 is 14.2. The zero-order valence-electron chi connectivity index (χ0n) is 41.4. The van der Waals surface area contributed by atoms with Crippen LogP contribution in [-0.2, 0) is 32.0 Å². The van der Waals surface area contributed by atoms with E-state index in [4.69, 9.17) is 9.47 Å². The summed E-state index contributed by atoms with van der Waals surface area (Å²) in [6, 6.07) is 7.00. The van der Waals surface area contributed by atoms with E-state index in [9.17, 15) is 20.1 Å². The molecule has 2 saturated heterocycles. The van der Waals surface area contributed by atoms with Crippen LogP contribution in [0.15, 0.2) is 41.7 Å². The molecule has 0 bridgehead atoms. The van der Waals surface area contributed by atoms with Crippen LogP contribution in [0.25, 0.3) is 11.0 Å². The van der Waals surface area contributed by atoms with E-state index < -0.39 is 39.5 Å². The Bertz CT molecular complexity index is 2440. The van der Waals surface area contributed by atoms with Crippen LogP contribution in [0.2, 0.25) is 0 Å². The Morgan fingerprint density at radius 1 is 0.985 bits per heavy atom. The summed E-state index contributed by atoms with van der Waals surface area (Å²) in [6.45, 7) is 20.7. The number of carbonyl (C=O) groups excluding carboxylic acids is 2. The number of benzene rings is 1. The minimum Gasteiger partial charge on any atom is -0.396 e. The van der Waals surface area contributed by atoms with Gasteiger partial charge in [-0.15, -0.1) is 0 Å². The second kappa shape index (κ2) is 16.2. The smallest absolute Gasteiger partial charge is 0.160 e. The fourth-order valence-electron chi connectivity index (χ4n) is 16.7. The fraction of sp³-hybridized carbons (Fsp3) is 0.714. The van der Waals surface area contributed by atoms with Gasteiger partial charge < -0.3 is 39.7 Å². The quantitative estimate of drug-likeness (QED) is 0.120. The number of H-pyrrole nitrogens is 1. The molecule has 3 aromatic rings. The van der Waals surface area contributed by atoms with Crippen molar-refractivity contribution < 1.29 is 34.4 Å². The van der Waals surface area contributed by atoms with Crippen molar-refractivity contribution in [3.05, 3.63) is 69.6 Å². The van der Waals surface area contributed by atoms with Gasteiger partial charge in [-0.2, -0.15) is 0 Å². The highest BCUT2D eigenvalue weighted by molar-refractivity contribution is 6.02. The van der Waals surface area contributed by atoms with Crippen molar-refractivity contribution in [2.75, 3.05) is 33.4 Å². The number of hydrogen-bond donors (Lipinski definition) is 5. The van der Waals surface area contributed by atoms with Gasteiger partial charge in [0.05, 0.1) is 28.8 Å². The molecule has 360 valence electrons. The molecule has 12 atom stereocenters. The zero-order valence-corrected chi connectivity index (χ0v) is 41.4. The summed E-state index contributed by atoms with van der Waals surface area (Å²) in [5.41, 5.74) is 7.35. The molecular formula is C56H79N3O7. The van der Waals surface area contributed by atoms with Crippen molar-refractivity contribution in [2.24, 2.45) is 44.8 Å². The van der Waals surface area contributed by atoms with Crippen molar-refractivity contribution >= 4 is 22.6 Å². The number of aliphatic hydroxyl groups excluding tert-OH is 3. The van der Waals surface area contributed by atoms with E-state index in [0.717, 1.165) is 91.6 Å². The Hall–Kier alpha value is -3.12. The molecule has 10 nitrogen and oxygen atoms in total. The standard InChI is InChI=1S/C56H79N3O7/c1-32-24-35(33-14-22-65-23-15-33)26-36(25-32)37(13-21-60)38-30-59-31-39-44-45(52(4,27-41(62)50-51(2,3)66-50)16-10-34-29-58-46(38)47(34)59)40(61)28-56(44,8)55(7)18-11-42-53(5,19-20-57-9)43(63)12-17-54(42,6)49(55)48(39)64/h24-26,29-30,33,37,39,41-42,48-50,57-58,60,62,64H,10-23,27-28,31H2,1-9H3/t37-,39-,41-,42+,48-,49-,50-,52+,53+,54-,55+,56+/m1/s1. The van der Waals surface area contributed by atoms with Gasteiger partial charge in [-0.3, -0.25) is 9.59 Å². The van der Waals surface area contributed by atoms with Crippen LogP contribution in [0.4, 0.5) is 0 Å². The van der Waals surface area contributed by atoms with Gasteiger partial charge in [0.25, 0.3) is 0 Å². The number of epoxide rings is 1. The largest absolute Gasteiger partial charge is 0.396 e. The number of rotatable bonds is 11. The Morgan fingerprint density at radius 2 is 1.73 bits per heavy atom. The van der Waals surface area contributed by atoms with E-state index in [2.05, 4.69) is 87.0 Å². The highest BCUT2D eigenvalue weighted by Gasteiger charge is 2.73. The first-order valence-corrected chi connectivity index (χ1v) is 25.7. The maximum absolute atomic E-state index is 15.4. The lowest BCUT2D eigenvalue weighted by atomic mass is 9.34. The average Bonchev–Trinajstić information content (AvgIpc) is 3.52. The van der Waals surface area contributed by atoms with Crippen molar-refractivity contribution in [2.45, 2.75) is 175 Å². The minimum atomic E-state index is -0.775. The Balaban J connectivity index is 1.15. The minimum absolute atomic E-state index is 0.0431. The predicted molar refractivity (Wildman–Crippen MR) is 257 cm³/mol. The monoisotopic (exact) mass is 906 g/mol. The van der Waals surface area contributed by atoms with Crippen LogP contribution in [0.1, 0.15) is 159 Å². The number of nitrogens with zero attached hydrogens (tertiary/aromatic N) is 1. The average molecular weight is 906 g/mol. The molecule has 0 spiro atoms. The first-order valence-electron chi connectivity index (χ1n) is 25.7. The molecule has 7 aliphatic rings. The first-order chi connectivity index (χ1) is 31.2. The molecule has 5 heterocycles. The molecule has 4 aliphatic carbocycles. The van der Waals surface area contributed by atoms with Crippen molar-refractivity contribution in [1.82, 2.24) is 14.9 Å². The summed E-state index contributed by atoms with van der Waals surface area (Å²) in [7, 11) is 1.96. The van der Waals surface area contributed by atoms with Crippen molar-refractivity contribution in [3.8, 4) is 0 Å². The number of aromatic nitrogens is 2. The van der Waals surface area contributed by atoms with Crippen LogP contribution in [0, 0.1) is 51.8 Å². The summed E-state index contributed by atoms with van der Waals surface area (Å²) in [4.78, 5) is 33.3. The van der Waals surface area contributed by atoms with E-state index in [1.807, 2.05) is 20.9 Å². The van der Waals surface area contributed by atoms with E-state index >= 15 is 4.79 Å². The summed E-state index contributed by atoms with van der Waals surface area (Å²) in [5.74, 6) is 0.469. The maximum Gasteiger partial charge on any atom is 0.160 e. The summed E-state index contributed by atoms with van der Waals surface area (Å²) >= 11 is 0. The fourth-order valence-corrected chi connectivity index (χ4v) is 16.7. The topological polar surface area (TPSA) is 149 Å². The molecule has 5 fully saturated rings. The van der Waals surface area contributed by atoms with Gasteiger partial charge >= 0.3 is 0 Å². The van der Waals surface area contributed by atoms with Crippen molar-refractivity contribution in [1.29, 1.82) is 0 Å². The van der Waals surface area contributed by atoms with Gasteiger partial charge in [0.15, 0.2) is 5.78 Å². The number of nitrogens with one attached hydrogen (secondary N) is 2. The van der Waals surface area contributed by atoms with Crippen LogP contribution in [0.3, 0.4) is 0 Å². The number of allylic oxidation sites excluding steroid dienone is 1. The number of ketones is 2. The first kappa shape index (κ1) is 46.6. The molecule has 10 heteroatoms. The molecule has 0 amide bonds. The number of aliphatic hydroxyl groups is 3. The number of aryl methyl sites for hydroxylation is 2. The number of hydrogen-bond acceptors (Lipinski definition) is 8. The summed E-state index contributed by atoms with van der Waals surface area (Å²) in [5, 5.41) is 39.9. The SMILES string of the molecule is CNCC[C@]1(C)C(=O)CC[C@@]2(C)[C@H]3[C@H](O)[C@@H]4Cn5cc([C@H](CCO)c6cc(C)cc(C7CCOCC7)c6)c6[nH]cc(c65)CC[C@@](C)(C[C@@H](O)[C@H]5OC5(C)C)C5=C4[C@](C)(CC5=O)[C@@]3(C)CC[C@H]21. The molecule has 66 heavy (non-hydrogen) atoms. The molecule has 10 rings (SSSR count). The van der Waals surface area contributed by atoms with Gasteiger partial charge in [-0.1, -0.05) is 58.4 Å². The Labute approximate surface area is 393 Å². The predicted octanol–water partition coefficient (Wildman–Crippen LogP) is 8.85. The normalized spacial score (nSPS) is 38.5. The Morgan fingerprint density at radius 3 is 2.42 bits per heavy atom.